The van der Waals surface area contributed by atoms with E-state index in [1.54, 1.807) is 0 Å². The van der Waals surface area contributed by atoms with E-state index < -0.39 is 18.0 Å². The number of carboxylic acids is 1. The molecule has 2 N–H and O–H groups in total. The lowest BCUT2D eigenvalue weighted by atomic mass is 9.83. The number of carbonyl (C=O) groups is 1. The van der Waals surface area contributed by atoms with E-state index in [1.165, 1.54) is 44.6 Å². The Morgan fingerprint density at radius 1 is 1.16 bits per heavy atom. The number of rotatable bonds is 4. The summed E-state index contributed by atoms with van der Waals surface area (Å²) in [5.74, 6) is -1.18. The van der Waals surface area contributed by atoms with Crippen LogP contribution in [0.5, 0.6) is 0 Å². The van der Waals surface area contributed by atoms with Gasteiger partial charge in [-0.3, -0.25) is 4.79 Å². The molecule has 1 aliphatic rings. The summed E-state index contributed by atoms with van der Waals surface area (Å²) in [6, 6.07) is 7.78. The van der Waals surface area contributed by atoms with Crippen LogP contribution >= 0.6 is 0 Å². The van der Waals surface area contributed by atoms with Gasteiger partial charge in [0.05, 0.1) is 6.10 Å². The Morgan fingerprint density at radius 3 is 2.21 bits per heavy atom. The lowest BCUT2D eigenvalue weighted by Gasteiger charge is -2.23. The first-order chi connectivity index (χ1) is 9.09. The fraction of sp³-hybridized carbons (Fsp3) is 0.562. The molecule has 1 saturated carbocycles. The van der Waals surface area contributed by atoms with Gasteiger partial charge in [0.25, 0.3) is 0 Å². The molecule has 0 unspecified atom stereocenters. The average Bonchev–Trinajstić information content (AvgIpc) is 2.40. The summed E-state index contributed by atoms with van der Waals surface area (Å²) < 4.78 is 0. The van der Waals surface area contributed by atoms with E-state index in [4.69, 9.17) is 5.11 Å². The summed E-state index contributed by atoms with van der Waals surface area (Å²) in [4.78, 5) is 11.2. The van der Waals surface area contributed by atoms with Crippen LogP contribution < -0.4 is 0 Å². The van der Waals surface area contributed by atoms with Gasteiger partial charge in [0.2, 0.25) is 0 Å². The molecular formula is C16H22O3. The maximum atomic E-state index is 11.2. The zero-order chi connectivity index (χ0) is 13.8. The van der Waals surface area contributed by atoms with Crippen LogP contribution in [0.15, 0.2) is 24.3 Å². The third kappa shape index (κ3) is 3.35. The maximum Gasteiger partial charge on any atom is 0.313 e. The molecule has 0 amide bonds. The van der Waals surface area contributed by atoms with Crippen LogP contribution in [0.2, 0.25) is 0 Å². The number of aliphatic carboxylic acids is 1. The molecule has 0 radical (unpaired) electrons. The molecule has 0 aromatic heterocycles. The van der Waals surface area contributed by atoms with E-state index in [2.05, 4.69) is 0 Å². The largest absolute Gasteiger partial charge is 0.481 e. The van der Waals surface area contributed by atoms with Crippen LogP contribution in [0, 0.1) is 0 Å². The van der Waals surface area contributed by atoms with Crippen molar-refractivity contribution >= 4 is 5.97 Å². The van der Waals surface area contributed by atoms with Crippen molar-refractivity contribution in [2.75, 3.05) is 0 Å². The number of carboxylic acid groups (broad SMARTS) is 1. The lowest BCUT2D eigenvalue weighted by molar-refractivity contribution is -0.141. The van der Waals surface area contributed by atoms with Crippen LogP contribution in [0.3, 0.4) is 0 Å². The number of hydrogen-bond acceptors (Lipinski definition) is 2. The van der Waals surface area contributed by atoms with Crippen molar-refractivity contribution in [2.24, 2.45) is 0 Å². The Balaban J connectivity index is 2.14. The second-order valence-corrected chi connectivity index (χ2v) is 5.56. The summed E-state index contributed by atoms with van der Waals surface area (Å²) in [5, 5.41) is 18.7. The predicted molar refractivity (Wildman–Crippen MR) is 74.3 cm³/mol. The summed E-state index contributed by atoms with van der Waals surface area (Å²) in [6.45, 7) is 1.52. The monoisotopic (exact) mass is 262 g/mol. The third-order valence-corrected chi connectivity index (χ3v) is 4.12. The number of benzene rings is 1. The molecule has 19 heavy (non-hydrogen) atoms. The molecule has 3 heteroatoms. The zero-order valence-electron chi connectivity index (χ0n) is 11.4. The SMILES string of the molecule is C[C@@H](O)[C@@H](C(=O)O)c1ccc(C2CCCCC2)cc1. The van der Waals surface area contributed by atoms with Crippen molar-refractivity contribution in [3.63, 3.8) is 0 Å². The van der Waals surface area contributed by atoms with E-state index in [0.29, 0.717) is 11.5 Å². The van der Waals surface area contributed by atoms with E-state index >= 15 is 0 Å². The highest BCUT2D eigenvalue weighted by molar-refractivity contribution is 5.76. The molecule has 2 rings (SSSR count). The molecule has 0 saturated heterocycles. The van der Waals surface area contributed by atoms with Crippen molar-refractivity contribution in [3.8, 4) is 0 Å². The molecule has 2 atom stereocenters. The van der Waals surface area contributed by atoms with Crippen molar-refractivity contribution < 1.29 is 15.0 Å². The number of aliphatic hydroxyl groups is 1. The predicted octanol–water partition coefficient (Wildman–Crippen LogP) is 3.28. The standard InChI is InChI=1S/C16H22O3/c1-11(17)15(16(18)19)14-9-7-13(8-10-14)12-5-3-2-4-6-12/h7-12,15,17H,2-6H2,1H3,(H,18,19)/t11-,15-/m1/s1. The summed E-state index contributed by atoms with van der Waals surface area (Å²) in [6.07, 6.45) is 5.50. The van der Waals surface area contributed by atoms with Gasteiger partial charge in [-0.05, 0) is 36.8 Å². The van der Waals surface area contributed by atoms with Crippen molar-refractivity contribution in [3.05, 3.63) is 35.4 Å². The van der Waals surface area contributed by atoms with Crippen LogP contribution in [0.1, 0.15) is 62.0 Å². The minimum Gasteiger partial charge on any atom is -0.481 e. The van der Waals surface area contributed by atoms with Crippen LogP contribution in [-0.4, -0.2) is 22.3 Å². The number of hydrogen-bond donors (Lipinski definition) is 2. The minimum absolute atomic E-state index is 0.623. The molecule has 1 aliphatic carbocycles. The molecule has 1 fully saturated rings. The molecular weight excluding hydrogens is 240 g/mol. The van der Waals surface area contributed by atoms with E-state index in [9.17, 15) is 9.90 Å². The molecule has 0 spiro atoms. The Bertz CT molecular complexity index is 416. The highest BCUT2D eigenvalue weighted by atomic mass is 16.4. The minimum atomic E-state index is -0.972. The van der Waals surface area contributed by atoms with Gasteiger partial charge in [-0.15, -0.1) is 0 Å². The van der Waals surface area contributed by atoms with Gasteiger partial charge in [-0.2, -0.15) is 0 Å². The fourth-order valence-corrected chi connectivity index (χ4v) is 3.04. The highest BCUT2D eigenvalue weighted by Crippen LogP contribution is 2.33. The van der Waals surface area contributed by atoms with Crippen molar-refractivity contribution in [1.29, 1.82) is 0 Å². The summed E-state index contributed by atoms with van der Waals surface area (Å²) in [5.41, 5.74) is 1.99. The third-order valence-electron chi connectivity index (χ3n) is 4.12. The van der Waals surface area contributed by atoms with Gasteiger partial charge in [0, 0.05) is 0 Å². The van der Waals surface area contributed by atoms with Crippen LogP contribution in [0.25, 0.3) is 0 Å². The molecule has 104 valence electrons. The Morgan fingerprint density at radius 2 is 1.74 bits per heavy atom. The van der Waals surface area contributed by atoms with Crippen molar-refractivity contribution in [2.45, 2.75) is 57.0 Å². The van der Waals surface area contributed by atoms with Gasteiger partial charge >= 0.3 is 5.97 Å². The van der Waals surface area contributed by atoms with E-state index in [0.717, 1.165) is 0 Å². The van der Waals surface area contributed by atoms with E-state index in [1.807, 2.05) is 24.3 Å². The smallest absolute Gasteiger partial charge is 0.313 e. The molecule has 0 bridgehead atoms. The molecule has 0 heterocycles. The van der Waals surface area contributed by atoms with Gasteiger partial charge in [0.1, 0.15) is 5.92 Å². The summed E-state index contributed by atoms with van der Waals surface area (Å²) in [7, 11) is 0. The van der Waals surface area contributed by atoms with Gasteiger partial charge in [0.15, 0.2) is 0 Å². The van der Waals surface area contributed by atoms with Gasteiger partial charge in [-0.1, -0.05) is 43.5 Å². The van der Waals surface area contributed by atoms with Crippen LogP contribution in [-0.2, 0) is 4.79 Å². The maximum absolute atomic E-state index is 11.2. The second kappa shape index (κ2) is 6.20. The zero-order valence-corrected chi connectivity index (χ0v) is 11.4. The number of aliphatic hydroxyl groups excluding tert-OH is 1. The Kier molecular flexibility index (Phi) is 4.59. The van der Waals surface area contributed by atoms with Crippen LogP contribution in [0.4, 0.5) is 0 Å². The van der Waals surface area contributed by atoms with Crippen molar-refractivity contribution in [1.82, 2.24) is 0 Å². The highest BCUT2D eigenvalue weighted by Gasteiger charge is 2.25. The second-order valence-electron chi connectivity index (χ2n) is 5.56. The topological polar surface area (TPSA) is 57.5 Å². The van der Waals surface area contributed by atoms with E-state index in [-0.39, 0.29) is 0 Å². The first kappa shape index (κ1) is 14.1. The Hall–Kier alpha value is -1.35. The van der Waals surface area contributed by atoms with Gasteiger partial charge < -0.3 is 10.2 Å². The first-order valence-corrected chi connectivity index (χ1v) is 7.10. The van der Waals surface area contributed by atoms with Gasteiger partial charge in [-0.25, -0.2) is 0 Å². The molecule has 1 aromatic carbocycles. The molecule has 1 aromatic rings. The fourth-order valence-electron chi connectivity index (χ4n) is 3.04. The molecule has 0 aliphatic heterocycles. The molecule has 3 nitrogen and oxygen atoms in total. The quantitative estimate of drug-likeness (QED) is 0.875. The Labute approximate surface area is 114 Å². The lowest BCUT2D eigenvalue weighted by Crippen LogP contribution is -2.23. The first-order valence-electron chi connectivity index (χ1n) is 7.10. The normalized spacial score (nSPS) is 19.9. The summed E-state index contributed by atoms with van der Waals surface area (Å²) >= 11 is 0. The average molecular weight is 262 g/mol.